The van der Waals surface area contributed by atoms with Crippen LogP contribution in [-0.4, -0.2) is 49.7 Å². The molecule has 2 aromatic carbocycles. The molecule has 1 atom stereocenters. The third-order valence-electron chi connectivity index (χ3n) is 5.53. The van der Waals surface area contributed by atoms with Crippen molar-refractivity contribution in [3.05, 3.63) is 48.0 Å². The summed E-state index contributed by atoms with van der Waals surface area (Å²) in [6, 6.07) is 15.4. The molecule has 1 amide bonds. The van der Waals surface area contributed by atoms with E-state index in [-0.39, 0.29) is 24.4 Å². The van der Waals surface area contributed by atoms with Gasteiger partial charge in [0.2, 0.25) is 5.91 Å². The Kier molecular flexibility index (Phi) is 6.52. The van der Waals surface area contributed by atoms with E-state index in [2.05, 4.69) is 47.8 Å². The Morgan fingerprint density at radius 1 is 1.12 bits per heavy atom. The first kappa shape index (κ1) is 19.2. The second-order valence-electron chi connectivity index (χ2n) is 7.15. The van der Waals surface area contributed by atoms with Crippen LogP contribution in [0.1, 0.15) is 30.7 Å². The molecule has 0 aromatic heterocycles. The van der Waals surface area contributed by atoms with Crippen molar-refractivity contribution in [2.45, 2.75) is 31.2 Å². The van der Waals surface area contributed by atoms with Gasteiger partial charge in [-0.2, -0.15) is 0 Å². The van der Waals surface area contributed by atoms with E-state index in [1.807, 2.05) is 4.90 Å². The van der Waals surface area contributed by atoms with Crippen molar-refractivity contribution in [2.24, 2.45) is 0 Å². The monoisotopic (exact) mass is 374 g/mol. The normalized spacial score (nSPS) is 21.4. The number of halogens is 1. The van der Waals surface area contributed by atoms with E-state index in [0.29, 0.717) is 18.9 Å². The van der Waals surface area contributed by atoms with E-state index >= 15 is 0 Å². The van der Waals surface area contributed by atoms with Gasteiger partial charge in [0.25, 0.3) is 0 Å². The van der Waals surface area contributed by atoms with Crippen LogP contribution >= 0.6 is 12.4 Å². The summed E-state index contributed by atoms with van der Waals surface area (Å²) in [4.78, 5) is 14.6. The number of carbonyl (C=O) groups is 1. The summed E-state index contributed by atoms with van der Waals surface area (Å²) in [6.45, 7) is 3.97. The molecule has 2 fully saturated rings. The van der Waals surface area contributed by atoms with Gasteiger partial charge in [-0.05, 0) is 35.1 Å². The minimum Gasteiger partial charge on any atom is -0.378 e. The van der Waals surface area contributed by atoms with Crippen LogP contribution in [0, 0.1) is 0 Å². The predicted octanol–water partition coefficient (Wildman–Crippen LogP) is 3.35. The lowest BCUT2D eigenvalue weighted by atomic mass is 9.86. The van der Waals surface area contributed by atoms with E-state index in [1.165, 1.54) is 16.3 Å². The number of amides is 1. The number of nitrogens with one attached hydrogen (secondary N) is 1. The van der Waals surface area contributed by atoms with Crippen LogP contribution in [0.25, 0.3) is 10.8 Å². The summed E-state index contributed by atoms with van der Waals surface area (Å²) in [7, 11) is 0. The number of ether oxygens (including phenoxy) is 1. The topological polar surface area (TPSA) is 41.6 Å². The summed E-state index contributed by atoms with van der Waals surface area (Å²) in [6.07, 6.45) is 2.65. The number of carbonyl (C=O) groups excluding carboxylic acids is 1. The largest absolute Gasteiger partial charge is 0.378 e. The molecule has 0 spiro atoms. The van der Waals surface area contributed by atoms with Gasteiger partial charge in [0.15, 0.2) is 0 Å². The molecule has 2 heterocycles. The molecule has 2 aliphatic rings. The van der Waals surface area contributed by atoms with Gasteiger partial charge in [0.1, 0.15) is 0 Å². The smallest absolute Gasteiger partial charge is 0.224 e. The van der Waals surface area contributed by atoms with Crippen LogP contribution in [0.5, 0.6) is 0 Å². The van der Waals surface area contributed by atoms with Gasteiger partial charge in [0, 0.05) is 32.1 Å². The van der Waals surface area contributed by atoms with Gasteiger partial charge in [-0.25, -0.2) is 0 Å². The van der Waals surface area contributed by atoms with Crippen molar-refractivity contribution in [2.75, 3.05) is 32.8 Å². The van der Waals surface area contributed by atoms with Crippen molar-refractivity contribution in [3.63, 3.8) is 0 Å². The number of likely N-dealkylation sites (tertiary alicyclic amines) is 1. The first-order valence-corrected chi connectivity index (χ1v) is 9.38. The van der Waals surface area contributed by atoms with Crippen molar-refractivity contribution in [3.8, 4) is 0 Å². The van der Waals surface area contributed by atoms with Crippen LogP contribution in [-0.2, 0) is 9.53 Å². The summed E-state index contributed by atoms with van der Waals surface area (Å²) in [5.74, 6) is 0.811. The molecule has 0 aliphatic carbocycles. The number of nitrogens with zero attached hydrogens (tertiary/aromatic N) is 1. The maximum Gasteiger partial charge on any atom is 0.224 e. The molecule has 2 aromatic rings. The minimum atomic E-state index is 0. The number of morpholine rings is 1. The van der Waals surface area contributed by atoms with Gasteiger partial charge in [-0.15, -0.1) is 12.4 Å². The van der Waals surface area contributed by atoms with Crippen molar-refractivity contribution >= 4 is 29.1 Å². The molecule has 2 saturated heterocycles. The molecule has 4 rings (SSSR count). The summed E-state index contributed by atoms with van der Waals surface area (Å²) >= 11 is 0. The second-order valence-corrected chi connectivity index (χ2v) is 7.15. The van der Waals surface area contributed by atoms with Crippen molar-refractivity contribution in [1.29, 1.82) is 0 Å². The molecule has 5 heteroatoms. The van der Waals surface area contributed by atoms with E-state index in [4.69, 9.17) is 4.74 Å². The standard InChI is InChI=1S/C21H26N2O2.ClH/c24-21(14-18-15-25-13-10-22-18)23-11-8-17(9-12-23)20-7-3-5-16-4-1-2-6-19(16)20;/h1-7,17-18,22H,8-15H2;1H. The average Bonchev–Trinajstić information content (AvgIpc) is 2.68. The SMILES string of the molecule is Cl.O=C(CC1COCCN1)N1CCC(c2cccc3ccccc23)CC1. The van der Waals surface area contributed by atoms with Gasteiger partial charge >= 0.3 is 0 Å². The molecule has 0 saturated carbocycles. The van der Waals surface area contributed by atoms with Crippen molar-refractivity contribution < 1.29 is 9.53 Å². The number of benzene rings is 2. The maximum absolute atomic E-state index is 12.6. The van der Waals surface area contributed by atoms with Gasteiger partial charge in [0.05, 0.1) is 13.2 Å². The highest BCUT2D eigenvalue weighted by atomic mass is 35.5. The molecular formula is C21H27ClN2O2. The first-order valence-electron chi connectivity index (χ1n) is 9.38. The van der Waals surface area contributed by atoms with Crippen molar-refractivity contribution in [1.82, 2.24) is 10.2 Å². The van der Waals surface area contributed by atoms with Crippen LogP contribution in [0.15, 0.2) is 42.5 Å². The Bertz CT molecular complexity index is 732. The van der Waals surface area contributed by atoms with Gasteiger partial charge < -0.3 is 15.0 Å². The lowest BCUT2D eigenvalue weighted by Gasteiger charge is -2.34. The van der Waals surface area contributed by atoms with Crippen LogP contribution in [0.2, 0.25) is 0 Å². The Morgan fingerprint density at radius 3 is 2.65 bits per heavy atom. The minimum absolute atomic E-state index is 0. The lowest BCUT2D eigenvalue weighted by molar-refractivity contribution is -0.133. The zero-order valence-corrected chi connectivity index (χ0v) is 15.8. The third-order valence-corrected chi connectivity index (χ3v) is 5.53. The molecular weight excluding hydrogens is 348 g/mol. The lowest BCUT2D eigenvalue weighted by Crippen LogP contribution is -2.46. The molecule has 140 valence electrons. The number of hydrogen-bond donors (Lipinski definition) is 1. The van der Waals surface area contributed by atoms with E-state index in [1.54, 1.807) is 0 Å². The molecule has 0 bridgehead atoms. The Balaban J connectivity index is 0.00000196. The molecule has 1 unspecified atom stereocenters. The van der Waals surface area contributed by atoms with Crippen LogP contribution < -0.4 is 5.32 Å². The highest BCUT2D eigenvalue weighted by Crippen LogP contribution is 2.33. The summed E-state index contributed by atoms with van der Waals surface area (Å²) in [5, 5.41) is 6.04. The number of fused-ring (bicyclic) bond motifs is 1. The number of rotatable bonds is 3. The quantitative estimate of drug-likeness (QED) is 0.895. The predicted molar refractivity (Wildman–Crippen MR) is 107 cm³/mol. The molecule has 26 heavy (non-hydrogen) atoms. The zero-order chi connectivity index (χ0) is 17.1. The maximum atomic E-state index is 12.6. The van der Waals surface area contributed by atoms with E-state index < -0.39 is 0 Å². The fraction of sp³-hybridized carbons (Fsp3) is 0.476. The molecule has 4 nitrogen and oxygen atoms in total. The first-order chi connectivity index (χ1) is 12.3. The number of hydrogen-bond acceptors (Lipinski definition) is 3. The van der Waals surface area contributed by atoms with Gasteiger partial charge in [-0.1, -0.05) is 42.5 Å². The summed E-state index contributed by atoms with van der Waals surface area (Å²) in [5.41, 5.74) is 1.44. The zero-order valence-electron chi connectivity index (χ0n) is 15.0. The van der Waals surface area contributed by atoms with Crippen LogP contribution in [0.3, 0.4) is 0 Å². The fourth-order valence-corrected chi connectivity index (χ4v) is 4.14. The molecule has 1 N–H and O–H groups in total. The second kappa shape index (κ2) is 8.85. The van der Waals surface area contributed by atoms with Crippen LogP contribution in [0.4, 0.5) is 0 Å². The number of piperidine rings is 1. The molecule has 2 aliphatic heterocycles. The fourth-order valence-electron chi connectivity index (χ4n) is 4.14. The molecule has 0 radical (unpaired) electrons. The Morgan fingerprint density at radius 2 is 1.88 bits per heavy atom. The highest BCUT2D eigenvalue weighted by Gasteiger charge is 2.26. The third kappa shape index (κ3) is 4.20. The Hall–Kier alpha value is -1.62. The van der Waals surface area contributed by atoms with E-state index in [9.17, 15) is 4.79 Å². The van der Waals surface area contributed by atoms with Gasteiger partial charge in [-0.3, -0.25) is 4.79 Å². The Labute approximate surface area is 161 Å². The average molecular weight is 375 g/mol. The van der Waals surface area contributed by atoms with E-state index in [0.717, 1.165) is 39.1 Å². The highest BCUT2D eigenvalue weighted by molar-refractivity contribution is 5.86. The summed E-state index contributed by atoms with van der Waals surface area (Å²) < 4.78 is 5.45.